The molecule has 0 bridgehead atoms. The summed E-state index contributed by atoms with van der Waals surface area (Å²) >= 11 is 0. The second kappa shape index (κ2) is 8.26. The lowest BCUT2D eigenvalue weighted by Gasteiger charge is -2.38. The molecule has 1 amide bonds. The quantitative estimate of drug-likeness (QED) is 0.824. The zero-order chi connectivity index (χ0) is 17.6. The Morgan fingerprint density at radius 2 is 1.72 bits per heavy atom. The number of likely N-dealkylation sites (tertiary alicyclic amines) is 1. The Kier molecular flexibility index (Phi) is 5.82. The molecule has 1 heterocycles. The van der Waals surface area contributed by atoms with Crippen molar-refractivity contribution in [3.8, 4) is 0 Å². The van der Waals surface area contributed by atoms with Crippen LogP contribution in [0.5, 0.6) is 0 Å². The molecule has 2 aromatic rings. The first-order valence-corrected chi connectivity index (χ1v) is 8.95. The summed E-state index contributed by atoms with van der Waals surface area (Å²) in [5.41, 5.74) is 2.15. The summed E-state index contributed by atoms with van der Waals surface area (Å²) in [6.45, 7) is 4.61. The van der Waals surface area contributed by atoms with Crippen molar-refractivity contribution in [3.05, 3.63) is 66.0 Å². The Balaban J connectivity index is 1.56. The smallest absolute Gasteiger partial charge is 0.224 e. The molecular weight excluding hydrogens is 315 g/mol. The maximum atomic E-state index is 13.2. The van der Waals surface area contributed by atoms with E-state index in [1.165, 1.54) is 17.7 Å². The number of amides is 1. The Bertz CT molecular complexity index is 679. The molecule has 1 aliphatic rings. The Hall–Kier alpha value is -2.20. The van der Waals surface area contributed by atoms with Crippen LogP contribution in [0.4, 0.5) is 10.1 Å². The molecule has 0 radical (unpaired) electrons. The van der Waals surface area contributed by atoms with E-state index >= 15 is 0 Å². The molecule has 1 aliphatic heterocycles. The van der Waals surface area contributed by atoms with Gasteiger partial charge in [-0.15, -0.1) is 0 Å². The number of anilines is 1. The maximum Gasteiger partial charge on any atom is 0.224 e. The standard InChI is InChI=1S/C21H25FN2O/c1-17(25)24(20-9-7-19(22)8-10-20)21-12-15-23(16-13-21)14-11-18-5-3-2-4-6-18/h2-10,21H,11-16H2,1H3. The fraction of sp³-hybridized carbons (Fsp3) is 0.381. The highest BCUT2D eigenvalue weighted by Crippen LogP contribution is 2.24. The van der Waals surface area contributed by atoms with E-state index in [4.69, 9.17) is 0 Å². The fourth-order valence-electron chi connectivity index (χ4n) is 3.58. The van der Waals surface area contributed by atoms with Gasteiger partial charge in [0, 0.05) is 38.3 Å². The van der Waals surface area contributed by atoms with Gasteiger partial charge in [0.25, 0.3) is 0 Å². The van der Waals surface area contributed by atoms with Gasteiger partial charge < -0.3 is 9.80 Å². The largest absolute Gasteiger partial charge is 0.310 e. The van der Waals surface area contributed by atoms with E-state index in [9.17, 15) is 9.18 Å². The summed E-state index contributed by atoms with van der Waals surface area (Å²) < 4.78 is 13.2. The van der Waals surface area contributed by atoms with Crippen molar-refractivity contribution >= 4 is 11.6 Å². The van der Waals surface area contributed by atoms with Crippen molar-refractivity contribution in [1.29, 1.82) is 0 Å². The van der Waals surface area contributed by atoms with Gasteiger partial charge >= 0.3 is 0 Å². The van der Waals surface area contributed by atoms with Crippen LogP contribution in [0.15, 0.2) is 54.6 Å². The molecule has 3 nitrogen and oxygen atoms in total. The van der Waals surface area contributed by atoms with Crippen molar-refractivity contribution < 1.29 is 9.18 Å². The Morgan fingerprint density at radius 3 is 2.32 bits per heavy atom. The van der Waals surface area contributed by atoms with E-state index in [0.29, 0.717) is 0 Å². The number of rotatable bonds is 5. The van der Waals surface area contributed by atoms with Gasteiger partial charge in [0.2, 0.25) is 5.91 Å². The zero-order valence-corrected chi connectivity index (χ0v) is 14.7. The third-order valence-corrected chi connectivity index (χ3v) is 4.93. The van der Waals surface area contributed by atoms with Gasteiger partial charge in [-0.2, -0.15) is 0 Å². The number of piperidine rings is 1. The van der Waals surface area contributed by atoms with Crippen LogP contribution in [0.1, 0.15) is 25.3 Å². The monoisotopic (exact) mass is 340 g/mol. The van der Waals surface area contributed by atoms with E-state index in [0.717, 1.165) is 44.6 Å². The van der Waals surface area contributed by atoms with Gasteiger partial charge in [0.05, 0.1) is 0 Å². The van der Waals surface area contributed by atoms with Gasteiger partial charge in [-0.1, -0.05) is 30.3 Å². The van der Waals surface area contributed by atoms with Gasteiger partial charge in [-0.05, 0) is 49.1 Å². The predicted molar refractivity (Wildman–Crippen MR) is 99.2 cm³/mol. The number of hydrogen-bond acceptors (Lipinski definition) is 2. The number of halogens is 1. The Labute approximate surface area is 149 Å². The summed E-state index contributed by atoms with van der Waals surface area (Å²) in [5, 5.41) is 0. The molecule has 0 unspecified atom stereocenters. The van der Waals surface area contributed by atoms with E-state index < -0.39 is 0 Å². The lowest BCUT2D eigenvalue weighted by Crippen LogP contribution is -2.47. The van der Waals surface area contributed by atoms with Gasteiger partial charge in [0.15, 0.2) is 0 Å². The molecule has 0 aliphatic carbocycles. The fourth-order valence-corrected chi connectivity index (χ4v) is 3.58. The first-order chi connectivity index (χ1) is 12.1. The van der Waals surface area contributed by atoms with Gasteiger partial charge in [-0.25, -0.2) is 4.39 Å². The van der Waals surface area contributed by atoms with Crippen molar-refractivity contribution in [2.24, 2.45) is 0 Å². The minimum atomic E-state index is -0.275. The minimum absolute atomic E-state index is 0.0225. The second-order valence-corrected chi connectivity index (χ2v) is 6.67. The third-order valence-electron chi connectivity index (χ3n) is 4.93. The molecule has 4 heteroatoms. The van der Waals surface area contributed by atoms with E-state index in [2.05, 4.69) is 29.2 Å². The highest BCUT2D eigenvalue weighted by atomic mass is 19.1. The predicted octanol–water partition coefficient (Wildman–Crippen LogP) is 3.89. The van der Waals surface area contributed by atoms with E-state index in [1.54, 1.807) is 19.1 Å². The lowest BCUT2D eigenvalue weighted by molar-refractivity contribution is -0.117. The minimum Gasteiger partial charge on any atom is -0.310 e. The number of hydrogen-bond donors (Lipinski definition) is 0. The lowest BCUT2D eigenvalue weighted by atomic mass is 10.0. The topological polar surface area (TPSA) is 23.6 Å². The molecule has 132 valence electrons. The van der Waals surface area contributed by atoms with Crippen molar-refractivity contribution in [2.75, 3.05) is 24.5 Å². The van der Waals surface area contributed by atoms with Crippen LogP contribution in [0.2, 0.25) is 0 Å². The third kappa shape index (κ3) is 4.67. The van der Waals surface area contributed by atoms with E-state index in [-0.39, 0.29) is 17.8 Å². The molecule has 0 atom stereocenters. The average molecular weight is 340 g/mol. The number of benzene rings is 2. The van der Waals surface area contributed by atoms with Crippen LogP contribution < -0.4 is 4.90 Å². The maximum absolute atomic E-state index is 13.2. The normalized spacial score (nSPS) is 15.9. The summed E-state index contributed by atoms with van der Waals surface area (Å²) in [4.78, 5) is 16.4. The highest BCUT2D eigenvalue weighted by Gasteiger charge is 2.27. The van der Waals surface area contributed by atoms with Crippen LogP contribution in [0.25, 0.3) is 0 Å². The van der Waals surface area contributed by atoms with Crippen molar-refractivity contribution in [2.45, 2.75) is 32.2 Å². The zero-order valence-electron chi connectivity index (χ0n) is 14.7. The second-order valence-electron chi connectivity index (χ2n) is 6.67. The van der Waals surface area contributed by atoms with Crippen molar-refractivity contribution in [1.82, 2.24) is 4.90 Å². The average Bonchev–Trinajstić information content (AvgIpc) is 2.63. The number of carbonyl (C=O) groups excluding carboxylic acids is 1. The summed E-state index contributed by atoms with van der Waals surface area (Å²) in [5.74, 6) is -0.252. The first kappa shape index (κ1) is 17.6. The number of nitrogens with zero attached hydrogens (tertiary/aromatic N) is 2. The Morgan fingerprint density at radius 1 is 1.08 bits per heavy atom. The van der Waals surface area contributed by atoms with Gasteiger partial charge in [0.1, 0.15) is 5.82 Å². The van der Waals surface area contributed by atoms with Crippen LogP contribution in [0, 0.1) is 5.82 Å². The van der Waals surface area contributed by atoms with Crippen LogP contribution in [-0.4, -0.2) is 36.5 Å². The molecule has 0 saturated carbocycles. The molecule has 1 fully saturated rings. The molecule has 0 N–H and O–H groups in total. The molecule has 1 saturated heterocycles. The summed E-state index contributed by atoms with van der Waals surface area (Å²) in [6.07, 6.45) is 2.96. The SMILES string of the molecule is CC(=O)N(c1ccc(F)cc1)C1CCN(CCc2ccccc2)CC1. The molecule has 0 aromatic heterocycles. The molecule has 25 heavy (non-hydrogen) atoms. The summed E-state index contributed by atoms with van der Waals surface area (Å²) in [6, 6.07) is 16.9. The van der Waals surface area contributed by atoms with Crippen LogP contribution in [-0.2, 0) is 11.2 Å². The molecule has 0 spiro atoms. The summed E-state index contributed by atoms with van der Waals surface area (Å²) in [7, 11) is 0. The number of carbonyl (C=O) groups is 1. The molecular formula is C21H25FN2O. The van der Waals surface area contributed by atoms with E-state index in [1.807, 2.05) is 11.0 Å². The van der Waals surface area contributed by atoms with Crippen molar-refractivity contribution in [3.63, 3.8) is 0 Å². The van der Waals surface area contributed by atoms with Crippen LogP contribution in [0.3, 0.4) is 0 Å². The van der Waals surface area contributed by atoms with Crippen LogP contribution >= 0.6 is 0 Å². The first-order valence-electron chi connectivity index (χ1n) is 8.95. The van der Waals surface area contributed by atoms with Gasteiger partial charge in [-0.3, -0.25) is 4.79 Å². The molecule has 3 rings (SSSR count). The molecule has 2 aromatic carbocycles. The highest BCUT2D eigenvalue weighted by molar-refractivity contribution is 5.92.